The highest BCUT2D eigenvalue weighted by molar-refractivity contribution is 6.37. The molecule has 0 atom stereocenters. The molecule has 0 aliphatic carbocycles. The van der Waals surface area contributed by atoms with Gasteiger partial charge in [-0.15, -0.1) is 0 Å². The Balaban J connectivity index is 3.00. The van der Waals surface area contributed by atoms with Crippen molar-refractivity contribution in [3.05, 3.63) is 40.0 Å². The fraction of sp³-hybridized carbons (Fsp3) is 0. The Hall–Kier alpha value is -0.930. The van der Waals surface area contributed by atoms with Gasteiger partial charge < -0.3 is 0 Å². The van der Waals surface area contributed by atoms with Crippen LogP contribution in [-0.4, -0.2) is 4.98 Å². The third-order valence-electron chi connectivity index (χ3n) is 1.78. The normalized spacial score (nSPS) is 10.9. The van der Waals surface area contributed by atoms with Gasteiger partial charge in [-0.25, -0.2) is 13.8 Å². The molecule has 0 spiro atoms. The first kappa shape index (κ1) is 9.62. The van der Waals surface area contributed by atoms with Gasteiger partial charge in [0.05, 0.1) is 10.4 Å². The zero-order chi connectivity index (χ0) is 10.3. The molecule has 0 aliphatic rings. The van der Waals surface area contributed by atoms with Gasteiger partial charge in [-0.05, 0) is 18.2 Å². The van der Waals surface area contributed by atoms with E-state index in [2.05, 4.69) is 4.98 Å². The molecule has 5 heteroatoms. The summed E-state index contributed by atoms with van der Waals surface area (Å²) in [6.07, 6.45) is 0. The Morgan fingerprint density at radius 3 is 2.43 bits per heavy atom. The molecule has 0 saturated heterocycles. The molecule has 0 aliphatic heterocycles. The molecule has 0 N–H and O–H groups in total. The monoisotopic (exact) mass is 233 g/mol. The van der Waals surface area contributed by atoms with Crippen molar-refractivity contribution >= 4 is 34.1 Å². The maximum atomic E-state index is 13.2. The minimum absolute atomic E-state index is 0.0343. The number of aromatic nitrogens is 1. The van der Waals surface area contributed by atoms with Crippen molar-refractivity contribution in [1.29, 1.82) is 0 Å². The Morgan fingerprint density at radius 2 is 1.71 bits per heavy atom. The molecule has 0 bridgehead atoms. The first-order valence-corrected chi connectivity index (χ1v) is 4.45. The molecule has 1 aromatic carbocycles. The van der Waals surface area contributed by atoms with Gasteiger partial charge in [0.2, 0.25) is 0 Å². The second kappa shape index (κ2) is 3.33. The average molecular weight is 234 g/mol. The average Bonchev–Trinajstić information content (AvgIpc) is 2.10. The molecule has 14 heavy (non-hydrogen) atoms. The summed E-state index contributed by atoms with van der Waals surface area (Å²) >= 11 is 11.3. The summed E-state index contributed by atoms with van der Waals surface area (Å²) in [4.78, 5) is 3.66. The van der Waals surface area contributed by atoms with Gasteiger partial charge in [0, 0.05) is 0 Å². The number of halogens is 4. The van der Waals surface area contributed by atoms with Crippen molar-refractivity contribution in [3.63, 3.8) is 0 Å². The predicted octanol–water partition coefficient (Wildman–Crippen LogP) is 3.82. The van der Waals surface area contributed by atoms with E-state index in [1.807, 2.05) is 0 Å². The van der Waals surface area contributed by atoms with E-state index in [0.717, 1.165) is 12.1 Å². The molecule has 1 aromatic heterocycles. The zero-order valence-corrected chi connectivity index (χ0v) is 8.20. The van der Waals surface area contributed by atoms with Crippen LogP contribution in [0, 0.1) is 11.6 Å². The van der Waals surface area contributed by atoms with E-state index < -0.39 is 11.6 Å². The Bertz CT molecular complexity index is 514. The number of rotatable bonds is 0. The highest BCUT2D eigenvalue weighted by atomic mass is 35.5. The summed E-state index contributed by atoms with van der Waals surface area (Å²) in [7, 11) is 0. The van der Waals surface area contributed by atoms with Crippen molar-refractivity contribution in [2.24, 2.45) is 0 Å². The number of pyridine rings is 1. The van der Waals surface area contributed by atoms with Crippen LogP contribution in [0.1, 0.15) is 0 Å². The summed E-state index contributed by atoms with van der Waals surface area (Å²) in [5.74, 6) is -1.26. The molecule has 0 fully saturated rings. The zero-order valence-electron chi connectivity index (χ0n) is 6.69. The molecule has 2 rings (SSSR count). The molecule has 1 heterocycles. The van der Waals surface area contributed by atoms with E-state index in [9.17, 15) is 8.78 Å². The van der Waals surface area contributed by atoms with Crippen molar-refractivity contribution in [2.75, 3.05) is 0 Å². The van der Waals surface area contributed by atoms with E-state index in [1.54, 1.807) is 0 Å². The fourth-order valence-electron chi connectivity index (χ4n) is 1.19. The van der Waals surface area contributed by atoms with Crippen molar-refractivity contribution < 1.29 is 8.78 Å². The van der Waals surface area contributed by atoms with Crippen LogP contribution in [0.4, 0.5) is 8.78 Å². The summed E-state index contributed by atoms with van der Waals surface area (Å²) in [6, 6.07) is 3.25. The van der Waals surface area contributed by atoms with Gasteiger partial charge >= 0.3 is 0 Å². The van der Waals surface area contributed by atoms with E-state index in [-0.39, 0.29) is 21.1 Å². The van der Waals surface area contributed by atoms with Gasteiger partial charge in [-0.2, -0.15) is 0 Å². The van der Waals surface area contributed by atoms with Crippen LogP contribution in [0.2, 0.25) is 10.2 Å². The first-order chi connectivity index (χ1) is 6.59. The highest BCUT2D eigenvalue weighted by Crippen LogP contribution is 2.28. The summed E-state index contributed by atoms with van der Waals surface area (Å²) in [5.41, 5.74) is -0.150. The number of benzene rings is 1. The lowest BCUT2D eigenvalue weighted by molar-refractivity contribution is 0.615. The molecule has 72 valence electrons. The second-order valence-electron chi connectivity index (χ2n) is 2.68. The van der Waals surface area contributed by atoms with Gasteiger partial charge in [0.15, 0.2) is 0 Å². The number of fused-ring (bicyclic) bond motifs is 1. The molecule has 0 amide bonds. The van der Waals surface area contributed by atoms with Crippen molar-refractivity contribution in [3.8, 4) is 0 Å². The van der Waals surface area contributed by atoms with E-state index in [0.29, 0.717) is 0 Å². The van der Waals surface area contributed by atoms with E-state index >= 15 is 0 Å². The highest BCUT2D eigenvalue weighted by Gasteiger charge is 2.11. The third-order valence-corrected chi connectivity index (χ3v) is 2.27. The molecule has 1 nitrogen and oxygen atoms in total. The lowest BCUT2D eigenvalue weighted by Crippen LogP contribution is -1.89. The summed E-state index contributed by atoms with van der Waals surface area (Å²) in [6.45, 7) is 0. The lowest BCUT2D eigenvalue weighted by Gasteiger charge is -2.02. The van der Waals surface area contributed by atoms with Crippen LogP contribution in [0.3, 0.4) is 0 Å². The first-order valence-electron chi connectivity index (χ1n) is 3.69. The van der Waals surface area contributed by atoms with Crippen LogP contribution in [0.25, 0.3) is 10.9 Å². The lowest BCUT2D eigenvalue weighted by atomic mass is 10.2. The van der Waals surface area contributed by atoms with Crippen molar-refractivity contribution in [1.82, 2.24) is 4.98 Å². The Morgan fingerprint density at radius 1 is 1.07 bits per heavy atom. The minimum Gasteiger partial charge on any atom is -0.233 e. The second-order valence-corrected chi connectivity index (χ2v) is 3.47. The summed E-state index contributed by atoms with van der Waals surface area (Å²) in [5, 5.41) is 0.0417. The molecule has 0 saturated carbocycles. The van der Waals surface area contributed by atoms with Crippen molar-refractivity contribution in [2.45, 2.75) is 0 Å². The third kappa shape index (κ3) is 1.42. The SMILES string of the molecule is Fc1ccc(F)c2c(Cl)cc(Cl)nc12. The number of hydrogen-bond donors (Lipinski definition) is 0. The quantitative estimate of drug-likeness (QED) is 0.631. The van der Waals surface area contributed by atoms with Gasteiger partial charge in [-0.1, -0.05) is 23.2 Å². The van der Waals surface area contributed by atoms with Crippen LogP contribution >= 0.6 is 23.2 Å². The van der Waals surface area contributed by atoms with Gasteiger partial charge in [-0.3, -0.25) is 0 Å². The molecular formula is C9H3Cl2F2N. The maximum absolute atomic E-state index is 13.2. The largest absolute Gasteiger partial charge is 0.233 e. The van der Waals surface area contributed by atoms with E-state index in [4.69, 9.17) is 23.2 Å². The fourth-order valence-corrected chi connectivity index (χ4v) is 1.73. The standard InChI is InChI=1S/C9H3Cl2F2N/c10-4-3-7(11)14-9-6(13)2-1-5(12)8(4)9/h1-3H. The van der Waals surface area contributed by atoms with Crippen LogP contribution in [0.15, 0.2) is 18.2 Å². The van der Waals surface area contributed by atoms with E-state index in [1.165, 1.54) is 6.07 Å². The predicted molar refractivity (Wildman–Crippen MR) is 51.7 cm³/mol. The smallest absolute Gasteiger partial charge is 0.149 e. The molecule has 0 unspecified atom stereocenters. The number of nitrogens with zero attached hydrogens (tertiary/aromatic N) is 1. The van der Waals surface area contributed by atoms with Gasteiger partial charge in [0.1, 0.15) is 22.3 Å². The maximum Gasteiger partial charge on any atom is 0.149 e. The minimum atomic E-state index is -0.647. The Labute approximate surface area is 88.3 Å². The van der Waals surface area contributed by atoms with Crippen LogP contribution in [0.5, 0.6) is 0 Å². The van der Waals surface area contributed by atoms with Crippen LogP contribution < -0.4 is 0 Å². The molecule has 2 aromatic rings. The topological polar surface area (TPSA) is 12.9 Å². The Kier molecular flexibility index (Phi) is 2.29. The summed E-state index contributed by atoms with van der Waals surface area (Å²) < 4.78 is 26.4. The van der Waals surface area contributed by atoms with Crippen LogP contribution in [-0.2, 0) is 0 Å². The van der Waals surface area contributed by atoms with Gasteiger partial charge in [0.25, 0.3) is 0 Å². The molecular weight excluding hydrogens is 231 g/mol. The number of hydrogen-bond acceptors (Lipinski definition) is 1. The molecule has 0 radical (unpaired) electrons.